The van der Waals surface area contributed by atoms with E-state index in [1.54, 1.807) is 20.0 Å². The number of rotatable bonds is 8. The second kappa shape index (κ2) is 7.26. The molecular weight excluding hydrogens is 298 g/mol. The maximum atomic E-state index is 11.5. The Morgan fingerprint density at radius 3 is 2.43 bits per heavy atom. The van der Waals surface area contributed by atoms with Crippen LogP contribution in [0.15, 0.2) is 30.5 Å². The number of carboxylic acid groups (broad SMARTS) is 2. The molecule has 2 atom stereocenters. The minimum Gasteiger partial charge on any atom is -0.480 e. The third-order valence-corrected chi connectivity index (χ3v) is 3.74. The molecule has 0 fully saturated rings. The number of carbonyl (C=O) groups is 2. The number of carboxylic acids is 2. The second-order valence-electron chi connectivity index (χ2n) is 5.80. The highest BCUT2D eigenvalue weighted by atomic mass is 16.4. The van der Waals surface area contributed by atoms with Crippen molar-refractivity contribution in [3.05, 3.63) is 36.0 Å². The first-order valence-corrected chi connectivity index (χ1v) is 7.41. The van der Waals surface area contributed by atoms with Crippen molar-refractivity contribution < 1.29 is 19.8 Å². The van der Waals surface area contributed by atoms with Gasteiger partial charge < -0.3 is 15.2 Å². The Morgan fingerprint density at radius 1 is 1.13 bits per heavy atom. The molecular formula is C16H21N3O4. The summed E-state index contributed by atoms with van der Waals surface area (Å²) in [6.45, 7) is 3.51. The Bertz CT molecular complexity index is 695. The summed E-state index contributed by atoms with van der Waals surface area (Å²) in [6, 6.07) is 5.83. The number of nitrogens with one attached hydrogen (secondary N) is 3. The maximum absolute atomic E-state index is 11.5. The minimum absolute atomic E-state index is 0.178. The molecule has 124 valence electrons. The van der Waals surface area contributed by atoms with E-state index in [0.29, 0.717) is 0 Å². The van der Waals surface area contributed by atoms with Crippen LogP contribution < -0.4 is 10.9 Å². The Labute approximate surface area is 133 Å². The van der Waals surface area contributed by atoms with Crippen LogP contribution in [0.25, 0.3) is 10.9 Å². The molecule has 0 radical (unpaired) electrons. The molecule has 2 rings (SSSR count). The van der Waals surface area contributed by atoms with Crippen molar-refractivity contribution >= 4 is 22.8 Å². The number of hydrogen-bond donors (Lipinski definition) is 5. The molecule has 7 heteroatoms. The largest absolute Gasteiger partial charge is 0.480 e. The van der Waals surface area contributed by atoms with Crippen LogP contribution in [0.1, 0.15) is 19.4 Å². The van der Waals surface area contributed by atoms with Gasteiger partial charge in [0.05, 0.1) is 0 Å². The summed E-state index contributed by atoms with van der Waals surface area (Å²) >= 11 is 0. The summed E-state index contributed by atoms with van der Waals surface area (Å²) in [5.41, 5.74) is 7.06. The normalized spacial score (nSPS) is 14.0. The lowest BCUT2D eigenvalue weighted by molar-refractivity contribution is -0.143. The van der Waals surface area contributed by atoms with E-state index in [1.807, 2.05) is 24.3 Å². The van der Waals surface area contributed by atoms with Gasteiger partial charge in [-0.1, -0.05) is 32.0 Å². The summed E-state index contributed by atoms with van der Waals surface area (Å²) < 4.78 is 0. The van der Waals surface area contributed by atoms with E-state index in [2.05, 4.69) is 15.8 Å². The molecule has 23 heavy (non-hydrogen) atoms. The number of aliphatic carboxylic acids is 2. The zero-order valence-electron chi connectivity index (χ0n) is 13.0. The van der Waals surface area contributed by atoms with Crippen LogP contribution >= 0.6 is 0 Å². The first-order valence-electron chi connectivity index (χ1n) is 7.41. The van der Waals surface area contributed by atoms with E-state index >= 15 is 0 Å². The lowest BCUT2D eigenvalue weighted by Gasteiger charge is -2.22. The van der Waals surface area contributed by atoms with Crippen molar-refractivity contribution in [2.45, 2.75) is 32.4 Å². The summed E-state index contributed by atoms with van der Waals surface area (Å²) in [5, 5.41) is 19.5. The molecule has 0 aliphatic carbocycles. The Hall–Kier alpha value is -2.38. The molecule has 0 saturated heterocycles. The van der Waals surface area contributed by atoms with Gasteiger partial charge in [-0.3, -0.25) is 9.59 Å². The third-order valence-electron chi connectivity index (χ3n) is 3.74. The van der Waals surface area contributed by atoms with Gasteiger partial charge in [0, 0.05) is 23.5 Å². The smallest absolute Gasteiger partial charge is 0.322 e. The molecule has 2 aromatic rings. The van der Waals surface area contributed by atoms with Crippen molar-refractivity contribution in [2.24, 2.45) is 5.92 Å². The Kier molecular flexibility index (Phi) is 5.36. The average Bonchev–Trinajstić information content (AvgIpc) is 2.88. The van der Waals surface area contributed by atoms with Gasteiger partial charge in [0.2, 0.25) is 0 Å². The van der Waals surface area contributed by atoms with Crippen molar-refractivity contribution in [1.29, 1.82) is 0 Å². The summed E-state index contributed by atoms with van der Waals surface area (Å²) in [6.07, 6.45) is 2.01. The number of hydrogen-bond acceptors (Lipinski definition) is 4. The van der Waals surface area contributed by atoms with Gasteiger partial charge in [0.1, 0.15) is 12.1 Å². The van der Waals surface area contributed by atoms with E-state index in [9.17, 15) is 14.7 Å². The first kappa shape index (κ1) is 17.0. The first-order chi connectivity index (χ1) is 10.9. The zero-order chi connectivity index (χ0) is 17.0. The van der Waals surface area contributed by atoms with Gasteiger partial charge in [0.15, 0.2) is 0 Å². The molecule has 0 spiro atoms. The molecule has 1 aromatic heterocycles. The van der Waals surface area contributed by atoms with E-state index < -0.39 is 24.0 Å². The number of fused-ring (bicyclic) bond motifs is 1. The molecule has 0 bridgehead atoms. The third kappa shape index (κ3) is 4.08. The van der Waals surface area contributed by atoms with E-state index in [4.69, 9.17) is 5.11 Å². The quantitative estimate of drug-likeness (QED) is 0.470. The fraction of sp³-hybridized carbons (Fsp3) is 0.375. The maximum Gasteiger partial charge on any atom is 0.322 e. The molecule has 7 nitrogen and oxygen atoms in total. The van der Waals surface area contributed by atoms with Gasteiger partial charge in [-0.2, -0.15) is 0 Å². The topological polar surface area (TPSA) is 114 Å². The number of hydrazine groups is 1. The number of H-pyrrole nitrogens is 1. The van der Waals surface area contributed by atoms with Crippen LogP contribution in [0, 0.1) is 5.92 Å². The standard InChI is InChI=1S/C16H21N3O4/c1-9(2)14(16(22)23)19-18-13(15(20)21)7-10-8-17-12-6-4-3-5-11(10)12/h3-6,8-9,13-14,17-19H,7H2,1-2H3,(H,20,21)(H,22,23)/t13-,14-/m0/s1. The van der Waals surface area contributed by atoms with Crippen molar-refractivity contribution in [3.8, 4) is 0 Å². The van der Waals surface area contributed by atoms with Crippen LogP contribution in [0.3, 0.4) is 0 Å². The fourth-order valence-electron chi connectivity index (χ4n) is 2.42. The molecule has 1 aromatic carbocycles. The van der Waals surface area contributed by atoms with E-state index in [1.165, 1.54) is 0 Å². The van der Waals surface area contributed by atoms with Gasteiger partial charge in [-0.15, -0.1) is 0 Å². The predicted molar refractivity (Wildman–Crippen MR) is 86.0 cm³/mol. The number of aromatic nitrogens is 1. The van der Waals surface area contributed by atoms with Crippen LogP contribution in [0.5, 0.6) is 0 Å². The highest BCUT2D eigenvalue weighted by molar-refractivity contribution is 5.84. The lowest BCUT2D eigenvalue weighted by atomic mass is 10.0. The van der Waals surface area contributed by atoms with Gasteiger partial charge >= 0.3 is 11.9 Å². The molecule has 1 heterocycles. The number of aromatic amines is 1. The van der Waals surface area contributed by atoms with Crippen LogP contribution in [-0.4, -0.2) is 39.2 Å². The molecule has 0 aliphatic heterocycles. The summed E-state index contributed by atoms with van der Waals surface area (Å²) in [5.74, 6) is -2.25. The van der Waals surface area contributed by atoms with Crippen LogP contribution in [-0.2, 0) is 16.0 Å². The molecule has 0 saturated carbocycles. The molecule has 0 aliphatic rings. The van der Waals surface area contributed by atoms with Crippen molar-refractivity contribution in [1.82, 2.24) is 15.8 Å². The predicted octanol–water partition coefficient (Wildman–Crippen LogP) is 1.37. The van der Waals surface area contributed by atoms with Crippen LogP contribution in [0.2, 0.25) is 0 Å². The highest BCUT2D eigenvalue weighted by Gasteiger charge is 2.25. The van der Waals surface area contributed by atoms with E-state index in [0.717, 1.165) is 16.5 Å². The second-order valence-corrected chi connectivity index (χ2v) is 5.80. The molecule has 0 amide bonds. The van der Waals surface area contributed by atoms with Crippen molar-refractivity contribution in [3.63, 3.8) is 0 Å². The zero-order valence-corrected chi connectivity index (χ0v) is 13.0. The number of para-hydroxylation sites is 1. The van der Waals surface area contributed by atoms with Gasteiger partial charge in [-0.05, 0) is 17.5 Å². The Morgan fingerprint density at radius 2 is 1.83 bits per heavy atom. The van der Waals surface area contributed by atoms with Gasteiger partial charge in [-0.25, -0.2) is 10.9 Å². The SMILES string of the molecule is CC(C)[C@H](NN[C@@H](Cc1c[nH]c2ccccc12)C(=O)O)C(=O)O. The lowest BCUT2D eigenvalue weighted by Crippen LogP contribution is -2.54. The monoisotopic (exact) mass is 319 g/mol. The average molecular weight is 319 g/mol. The van der Waals surface area contributed by atoms with Crippen LogP contribution in [0.4, 0.5) is 0 Å². The van der Waals surface area contributed by atoms with E-state index in [-0.39, 0.29) is 12.3 Å². The molecule has 0 unspecified atom stereocenters. The minimum atomic E-state index is -1.05. The Balaban J connectivity index is 2.10. The van der Waals surface area contributed by atoms with Gasteiger partial charge in [0.25, 0.3) is 0 Å². The molecule has 5 N–H and O–H groups in total. The summed E-state index contributed by atoms with van der Waals surface area (Å²) in [4.78, 5) is 25.7. The summed E-state index contributed by atoms with van der Waals surface area (Å²) in [7, 11) is 0. The number of benzene rings is 1. The fourth-order valence-corrected chi connectivity index (χ4v) is 2.42. The van der Waals surface area contributed by atoms with Crippen molar-refractivity contribution in [2.75, 3.05) is 0 Å². The highest BCUT2D eigenvalue weighted by Crippen LogP contribution is 2.19.